The maximum absolute atomic E-state index is 12.0. The molecule has 0 bridgehead atoms. The third-order valence-electron chi connectivity index (χ3n) is 3.47. The average molecular weight is 340 g/mol. The monoisotopic (exact) mass is 340 g/mol. The number of para-hydroxylation sites is 2. The normalized spacial score (nSPS) is 10.4. The van der Waals surface area contributed by atoms with Gasteiger partial charge in [0.05, 0.1) is 11.8 Å². The molecule has 2 aromatic carbocycles. The van der Waals surface area contributed by atoms with Gasteiger partial charge in [-0.2, -0.15) is 0 Å². The number of hydrogen-bond donors (Lipinski definition) is 2. The molecule has 0 aromatic heterocycles. The molecule has 0 fully saturated rings. The zero-order valence-electron chi connectivity index (χ0n) is 14.6. The van der Waals surface area contributed by atoms with Crippen molar-refractivity contribution in [1.82, 2.24) is 5.32 Å². The Bertz CT molecular complexity index is 699. The molecule has 0 aliphatic carbocycles. The first-order valence-electron chi connectivity index (χ1n) is 8.45. The summed E-state index contributed by atoms with van der Waals surface area (Å²) < 4.78 is 5.63. The van der Waals surface area contributed by atoms with Crippen molar-refractivity contribution in [3.05, 3.63) is 60.2 Å². The first-order chi connectivity index (χ1) is 12.1. The summed E-state index contributed by atoms with van der Waals surface area (Å²) in [4.78, 5) is 24.0. The van der Waals surface area contributed by atoms with Gasteiger partial charge < -0.3 is 15.4 Å². The van der Waals surface area contributed by atoms with Crippen LogP contribution in [0.1, 0.15) is 25.8 Å². The standard InChI is InChI=1S/C20H24N2O3/c1-15(2)25-18-13-7-6-12-17(18)22-20(24)19(23)21-14-8-11-16-9-4-3-5-10-16/h3-7,9-10,12-13,15H,8,11,14H2,1-2H3,(H,21,23)(H,22,24). The largest absolute Gasteiger partial charge is 0.489 e. The fourth-order valence-corrected chi connectivity index (χ4v) is 2.33. The van der Waals surface area contributed by atoms with Crippen molar-refractivity contribution in [3.8, 4) is 5.75 Å². The molecular formula is C20H24N2O3. The van der Waals surface area contributed by atoms with Gasteiger partial charge in [-0.3, -0.25) is 9.59 Å². The van der Waals surface area contributed by atoms with E-state index >= 15 is 0 Å². The predicted molar refractivity (Wildman–Crippen MR) is 98.6 cm³/mol. The molecule has 2 amide bonds. The van der Waals surface area contributed by atoms with Gasteiger partial charge in [0.1, 0.15) is 5.75 Å². The molecule has 0 saturated carbocycles. The lowest BCUT2D eigenvalue weighted by atomic mass is 10.1. The second-order valence-corrected chi connectivity index (χ2v) is 5.96. The molecule has 5 heteroatoms. The average Bonchev–Trinajstić information content (AvgIpc) is 2.60. The van der Waals surface area contributed by atoms with E-state index in [1.54, 1.807) is 18.2 Å². The first-order valence-corrected chi connectivity index (χ1v) is 8.45. The molecule has 132 valence electrons. The van der Waals surface area contributed by atoms with Crippen LogP contribution < -0.4 is 15.4 Å². The third-order valence-corrected chi connectivity index (χ3v) is 3.47. The smallest absolute Gasteiger partial charge is 0.313 e. The van der Waals surface area contributed by atoms with Crippen molar-refractivity contribution < 1.29 is 14.3 Å². The van der Waals surface area contributed by atoms with E-state index in [0.29, 0.717) is 18.0 Å². The van der Waals surface area contributed by atoms with E-state index in [2.05, 4.69) is 10.6 Å². The van der Waals surface area contributed by atoms with Gasteiger partial charge in [-0.05, 0) is 44.4 Å². The Morgan fingerprint density at radius 2 is 1.64 bits per heavy atom. The Morgan fingerprint density at radius 3 is 2.36 bits per heavy atom. The lowest BCUT2D eigenvalue weighted by molar-refractivity contribution is -0.136. The SMILES string of the molecule is CC(C)Oc1ccccc1NC(=O)C(=O)NCCCc1ccccc1. The Balaban J connectivity index is 1.79. The molecule has 2 aromatic rings. The van der Waals surface area contributed by atoms with Crippen LogP contribution in [0, 0.1) is 0 Å². The van der Waals surface area contributed by atoms with E-state index in [9.17, 15) is 9.59 Å². The van der Waals surface area contributed by atoms with E-state index < -0.39 is 11.8 Å². The highest BCUT2D eigenvalue weighted by Gasteiger charge is 2.15. The fraction of sp³-hybridized carbons (Fsp3) is 0.300. The van der Waals surface area contributed by atoms with Crippen molar-refractivity contribution in [3.63, 3.8) is 0 Å². The number of ether oxygens (including phenoxy) is 1. The summed E-state index contributed by atoms with van der Waals surface area (Å²) in [5, 5.41) is 5.24. The third kappa shape index (κ3) is 6.30. The van der Waals surface area contributed by atoms with Crippen molar-refractivity contribution in [2.45, 2.75) is 32.8 Å². The summed E-state index contributed by atoms with van der Waals surface area (Å²) in [6.07, 6.45) is 1.61. The molecule has 0 radical (unpaired) electrons. The van der Waals surface area contributed by atoms with Crippen molar-refractivity contribution in [1.29, 1.82) is 0 Å². The van der Waals surface area contributed by atoms with Crippen LogP contribution >= 0.6 is 0 Å². The number of carbonyl (C=O) groups excluding carboxylic acids is 2. The van der Waals surface area contributed by atoms with E-state index in [1.807, 2.05) is 50.2 Å². The minimum atomic E-state index is -0.695. The number of rotatable bonds is 7. The molecule has 2 rings (SSSR count). The van der Waals surface area contributed by atoms with Gasteiger partial charge in [-0.1, -0.05) is 42.5 Å². The zero-order valence-corrected chi connectivity index (χ0v) is 14.6. The Morgan fingerprint density at radius 1 is 0.960 bits per heavy atom. The minimum Gasteiger partial charge on any atom is -0.489 e. The van der Waals surface area contributed by atoms with Gasteiger partial charge in [0.2, 0.25) is 0 Å². The molecule has 0 heterocycles. The van der Waals surface area contributed by atoms with Crippen LogP contribution in [0.4, 0.5) is 5.69 Å². The van der Waals surface area contributed by atoms with Gasteiger partial charge >= 0.3 is 11.8 Å². The zero-order chi connectivity index (χ0) is 18.1. The molecular weight excluding hydrogens is 316 g/mol. The van der Waals surface area contributed by atoms with Crippen LogP contribution in [0.15, 0.2) is 54.6 Å². The number of hydrogen-bond acceptors (Lipinski definition) is 3. The summed E-state index contributed by atoms with van der Waals surface area (Å²) in [6.45, 7) is 4.25. The van der Waals surface area contributed by atoms with Crippen LogP contribution in [-0.2, 0) is 16.0 Å². The second kappa shape index (κ2) is 9.47. The number of aryl methyl sites for hydroxylation is 1. The number of benzene rings is 2. The molecule has 0 aliphatic heterocycles. The summed E-state index contributed by atoms with van der Waals surface area (Å²) in [5.74, 6) is -0.797. The minimum absolute atomic E-state index is 0.0233. The molecule has 0 unspecified atom stereocenters. The summed E-state index contributed by atoms with van der Waals surface area (Å²) in [6, 6.07) is 17.1. The Labute approximate surface area is 148 Å². The fourth-order valence-electron chi connectivity index (χ4n) is 2.33. The van der Waals surface area contributed by atoms with E-state index in [0.717, 1.165) is 12.8 Å². The Kier molecular flexibility index (Phi) is 7.01. The van der Waals surface area contributed by atoms with Gasteiger partial charge in [0, 0.05) is 6.54 Å². The van der Waals surface area contributed by atoms with Crippen LogP contribution in [0.3, 0.4) is 0 Å². The second-order valence-electron chi connectivity index (χ2n) is 5.96. The van der Waals surface area contributed by atoms with Crippen molar-refractivity contribution in [2.75, 3.05) is 11.9 Å². The highest BCUT2D eigenvalue weighted by atomic mass is 16.5. The number of nitrogens with one attached hydrogen (secondary N) is 2. The van der Waals surface area contributed by atoms with Gasteiger partial charge in [0.25, 0.3) is 0 Å². The van der Waals surface area contributed by atoms with E-state index in [4.69, 9.17) is 4.74 Å². The van der Waals surface area contributed by atoms with Crippen LogP contribution in [-0.4, -0.2) is 24.5 Å². The van der Waals surface area contributed by atoms with Gasteiger partial charge in [-0.25, -0.2) is 0 Å². The van der Waals surface area contributed by atoms with Crippen LogP contribution in [0.25, 0.3) is 0 Å². The highest BCUT2D eigenvalue weighted by Crippen LogP contribution is 2.24. The lowest BCUT2D eigenvalue weighted by Gasteiger charge is -2.14. The predicted octanol–water partition coefficient (Wildman–Crippen LogP) is 3.16. The van der Waals surface area contributed by atoms with Gasteiger partial charge in [0.15, 0.2) is 0 Å². The summed E-state index contributed by atoms with van der Waals surface area (Å²) >= 11 is 0. The molecule has 0 aliphatic rings. The topological polar surface area (TPSA) is 67.4 Å². The molecule has 2 N–H and O–H groups in total. The van der Waals surface area contributed by atoms with Crippen molar-refractivity contribution in [2.24, 2.45) is 0 Å². The van der Waals surface area contributed by atoms with Crippen LogP contribution in [0.5, 0.6) is 5.75 Å². The molecule has 0 saturated heterocycles. The molecule has 0 atom stereocenters. The number of anilines is 1. The van der Waals surface area contributed by atoms with E-state index in [-0.39, 0.29) is 6.10 Å². The molecule has 25 heavy (non-hydrogen) atoms. The summed E-state index contributed by atoms with van der Waals surface area (Å²) in [5.41, 5.74) is 1.70. The quantitative estimate of drug-likeness (QED) is 0.601. The molecule has 5 nitrogen and oxygen atoms in total. The van der Waals surface area contributed by atoms with E-state index in [1.165, 1.54) is 5.56 Å². The lowest BCUT2D eigenvalue weighted by Crippen LogP contribution is -2.36. The van der Waals surface area contributed by atoms with Crippen molar-refractivity contribution >= 4 is 17.5 Å². The molecule has 0 spiro atoms. The number of carbonyl (C=O) groups is 2. The maximum Gasteiger partial charge on any atom is 0.313 e. The van der Waals surface area contributed by atoms with Crippen LogP contribution in [0.2, 0.25) is 0 Å². The first kappa shape index (κ1) is 18.5. The highest BCUT2D eigenvalue weighted by molar-refractivity contribution is 6.39. The Hall–Kier alpha value is -2.82. The van der Waals surface area contributed by atoms with Gasteiger partial charge in [-0.15, -0.1) is 0 Å². The maximum atomic E-state index is 12.0. The summed E-state index contributed by atoms with van der Waals surface area (Å²) in [7, 11) is 0. The number of amides is 2.